The molecule has 24 heavy (non-hydrogen) atoms. The lowest BCUT2D eigenvalue weighted by molar-refractivity contribution is 0.0688. The summed E-state index contributed by atoms with van der Waals surface area (Å²) in [7, 11) is 0. The van der Waals surface area contributed by atoms with Crippen LogP contribution in [0.15, 0.2) is 36.7 Å². The molecule has 1 atom stereocenters. The molecule has 2 aromatic rings. The van der Waals surface area contributed by atoms with Gasteiger partial charge in [-0.15, -0.1) is 0 Å². The van der Waals surface area contributed by atoms with Crippen LogP contribution >= 0.6 is 0 Å². The number of nitrogens with one attached hydrogen (secondary N) is 1. The molecular weight excluding hydrogens is 306 g/mol. The van der Waals surface area contributed by atoms with Gasteiger partial charge in [0.05, 0.1) is 18.4 Å². The Kier molecular flexibility index (Phi) is 4.97. The largest absolute Gasteiger partial charge is 0.476 e. The maximum Gasteiger partial charge on any atom is 0.356 e. The van der Waals surface area contributed by atoms with E-state index in [9.17, 15) is 9.59 Å². The molecule has 2 rings (SSSR count). The fourth-order valence-corrected chi connectivity index (χ4v) is 2.43. The molecule has 2 N–H and O–H groups in total. The van der Waals surface area contributed by atoms with Crippen molar-refractivity contribution in [2.45, 2.75) is 33.7 Å². The van der Waals surface area contributed by atoms with Gasteiger partial charge in [0.2, 0.25) is 0 Å². The summed E-state index contributed by atoms with van der Waals surface area (Å²) in [4.78, 5) is 30.9. The van der Waals surface area contributed by atoms with Crippen LogP contribution in [0.25, 0.3) is 0 Å². The molecule has 0 fully saturated rings. The molecule has 0 aliphatic rings. The second-order valence-corrected chi connectivity index (χ2v) is 6.72. The number of carbonyl (C=O) groups excluding carboxylic acids is 1. The molecule has 6 heteroatoms. The Balaban J connectivity index is 2.28. The molecule has 6 nitrogen and oxygen atoms in total. The van der Waals surface area contributed by atoms with Crippen LogP contribution in [-0.2, 0) is 0 Å². The van der Waals surface area contributed by atoms with E-state index in [-0.39, 0.29) is 28.8 Å². The molecule has 1 aromatic heterocycles. The van der Waals surface area contributed by atoms with Crippen LogP contribution < -0.4 is 5.32 Å². The molecule has 0 saturated heterocycles. The van der Waals surface area contributed by atoms with E-state index in [0.29, 0.717) is 0 Å². The minimum Gasteiger partial charge on any atom is -0.476 e. The van der Waals surface area contributed by atoms with Gasteiger partial charge in [-0.3, -0.25) is 4.79 Å². The number of aromatic nitrogens is 2. The second-order valence-electron chi connectivity index (χ2n) is 6.72. The fraction of sp³-hybridized carbons (Fsp3) is 0.333. The van der Waals surface area contributed by atoms with Gasteiger partial charge >= 0.3 is 5.97 Å². The minimum absolute atomic E-state index is 0.0860. The van der Waals surface area contributed by atoms with E-state index in [2.05, 4.69) is 15.3 Å². The molecule has 0 aliphatic heterocycles. The first-order valence-electron chi connectivity index (χ1n) is 7.62. The summed E-state index contributed by atoms with van der Waals surface area (Å²) in [6.45, 7) is 8.14. The average Bonchev–Trinajstić information content (AvgIpc) is 2.52. The van der Waals surface area contributed by atoms with E-state index in [1.54, 1.807) is 0 Å². The maximum atomic E-state index is 12.5. The lowest BCUT2D eigenvalue weighted by atomic mass is 9.81. The Morgan fingerprint density at radius 1 is 1.08 bits per heavy atom. The smallest absolute Gasteiger partial charge is 0.356 e. The van der Waals surface area contributed by atoms with Gasteiger partial charge in [-0.2, -0.15) is 0 Å². The molecule has 0 bridgehead atoms. The molecule has 1 unspecified atom stereocenters. The van der Waals surface area contributed by atoms with Crippen LogP contribution in [0.3, 0.4) is 0 Å². The highest BCUT2D eigenvalue weighted by Gasteiger charge is 2.29. The molecule has 0 saturated carbocycles. The van der Waals surface area contributed by atoms with Gasteiger partial charge in [0.1, 0.15) is 5.69 Å². The zero-order valence-corrected chi connectivity index (χ0v) is 14.2. The van der Waals surface area contributed by atoms with Crippen molar-refractivity contribution in [1.82, 2.24) is 15.3 Å². The Labute approximate surface area is 141 Å². The predicted octanol–water partition coefficient (Wildman–Crippen LogP) is 3.00. The molecule has 0 spiro atoms. The number of carboxylic acid groups (broad SMARTS) is 1. The van der Waals surface area contributed by atoms with Gasteiger partial charge in [-0.05, 0) is 23.5 Å². The van der Waals surface area contributed by atoms with Crippen molar-refractivity contribution < 1.29 is 14.7 Å². The van der Waals surface area contributed by atoms with Crippen molar-refractivity contribution in [2.24, 2.45) is 5.41 Å². The molecular formula is C18H21N3O3. The topological polar surface area (TPSA) is 92.2 Å². The predicted molar refractivity (Wildman–Crippen MR) is 89.8 cm³/mol. The van der Waals surface area contributed by atoms with Crippen molar-refractivity contribution in [3.63, 3.8) is 0 Å². The number of benzene rings is 1. The van der Waals surface area contributed by atoms with E-state index in [1.807, 2.05) is 52.0 Å². The van der Waals surface area contributed by atoms with E-state index in [4.69, 9.17) is 5.11 Å². The first-order valence-corrected chi connectivity index (χ1v) is 7.62. The number of rotatable bonds is 4. The standard InChI is InChI=1S/C18H21N3O3/c1-11-7-5-6-8-12(11)15(18(2,3)4)21-16(22)13-9-20-14(10-19-13)17(23)24/h5-10,15H,1-4H3,(H,21,22)(H,23,24). The second kappa shape index (κ2) is 6.78. The summed E-state index contributed by atoms with van der Waals surface area (Å²) in [5, 5.41) is 11.8. The summed E-state index contributed by atoms with van der Waals surface area (Å²) < 4.78 is 0. The molecule has 0 radical (unpaired) electrons. The van der Waals surface area contributed by atoms with E-state index >= 15 is 0 Å². The van der Waals surface area contributed by atoms with Gasteiger partial charge in [0.15, 0.2) is 5.69 Å². The summed E-state index contributed by atoms with van der Waals surface area (Å²) >= 11 is 0. The first kappa shape index (κ1) is 17.6. The van der Waals surface area contributed by atoms with Crippen molar-refractivity contribution >= 4 is 11.9 Å². The third kappa shape index (κ3) is 3.95. The first-order chi connectivity index (χ1) is 11.2. The van der Waals surface area contributed by atoms with Gasteiger partial charge in [-0.25, -0.2) is 14.8 Å². The summed E-state index contributed by atoms with van der Waals surface area (Å²) in [5.41, 5.74) is 1.80. The summed E-state index contributed by atoms with van der Waals surface area (Å²) in [5.74, 6) is -1.57. The normalized spacial score (nSPS) is 12.5. The van der Waals surface area contributed by atoms with E-state index in [0.717, 1.165) is 17.3 Å². The van der Waals surface area contributed by atoms with Crippen LogP contribution in [0.1, 0.15) is 58.9 Å². The SMILES string of the molecule is Cc1ccccc1C(NC(=O)c1cnc(C(=O)O)cn1)C(C)(C)C. The number of hydrogen-bond donors (Lipinski definition) is 2. The number of aryl methyl sites for hydroxylation is 1. The number of carbonyl (C=O) groups is 2. The van der Waals surface area contributed by atoms with Crippen molar-refractivity contribution in [1.29, 1.82) is 0 Å². The molecule has 1 aromatic carbocycles. The number of amides is 1. The lowest BCUT2D eigenvalue weighted by Crippen LogP contribution is -2.37. The van der Waals surface area contributed by atoms with Gasteiger partial charge < -0.3 is 10.4 Å². The Morgan fingerprint density at radius 3 is 2.17 bits per heavy atom. The molecule has 1 heterocycles. The van der Waals surface area contributed by atoms with Crippen molar-refractivity contribution in [3.05, 3.63) is 59.2 Å². The van der Waals surface area contributed by atoms with Crippen LogP contribution in [0, 0.1) is 12.3 Å². The van der Waals surface area contributed by atoms with Crippen molar-refractivity contribution in [3.8, 4) is 0 Å². The van der Waals surface area contributed by atoms with E-state index in [1.165, 1.54) is 6.20 Å². The quantitative estimate of drug-likeness (QED) is 0.900. The highest BCUT2D eigenvalue weighted by Crippen LogP contribution is 2.34. The highest BCUT2D eigenvalue weighted by atomic mass is 16.4. The molecule has 0 aliphatic carbocycles. The van der Waals surface area contributed by atoms with Crippen LogP contribution in [0.4, 0.5) is 0 Å². The fourth-order valence-electron chi connectivity index (χ4n) is 2.43. The molecule has 126 valence electrons. The minimum atomic E-state index is -1.18. The Morgan fingerprint density at radius 2 is 1.67 bits per heavy atom. The maximum absolute atomic E-state index is 12.5. The van der Waals surface area contributed by atoms with E-state index < -0.39 is 5.97 Å². The monoisotopic (exact) mass is 327 g/mol. The third-order valence-corrected chi connectivity index (χ3v) is 3.74. The third-order valence-electron chi connectivity index (χ3n) is 3.74. The Hall–Kier alpha value is -2.76. The number of aromatic carboxylic acids is 1. The van der Waals surface area contributed by atoms with Gasteiger partial charge in [0.25, 0.3) is 5.91 Å². The zero-order chi connectivity index (χ0) is 17.9. The summed E-state index contributed by atoms with van der Waals surface area (Å²) in [6.07, 6.45) is 2.26. The van der Waals surface area contributed by atoms with Crippen LogP contribution in [0.2, 0.25) is 0 Å². The molecule has 1 amide bonds. The Bertz CT molecular complexity index is 749. The average molecular weight is 327 g/mol. The van der Waals surface area contributed by atoms with Gasteiger partial charge in [-0.1, -0.05) is 45.0 Å². The van der Waals surface area contributed by atoms with Crippen LogP contribution in [0.5, 0.6) is 0 Å². The number of carboxylic acids is 1. The van der Waals surface area contributed by atoms with Gasteiger partial charge in [0, 0.05) is 0 Å². The van der Waals surface area contributed by atoms with Crippen molar-refractivity contribution in [2.75, 3.05) is 0 Å². The number of nitrogens with zero attached hydrogens (tertiary/aromatic N) is 2. The van der Waals surface area contributed by atoms with Crippen LogP contribution in [-0.4, -0.2) is 27.0 Å². The zero-order valence-electron chi connectivity index (χ0n) is 14.2. The highest BCUT2D eigenvalue weighted by molar-refractivity contribution is 5.93. The summed E-state index contributed by atoms with van der Waals surface area (Å²) in [6, 6.07) is 7.67. The lowest BCUT2D eigenvalue weighted by Gasteiger charge is -2.33. The number of hydrogen-bond acceptors (Lipinski definition) is 4.